The average Bonchev–Trinajstić information content (AvgIpc) is 3.60. The zero-order chi connectivity index (χ0) is 43.7. The number of ketones is 1. The van der Waals surface area contributed by atoms with E-state index in [0.717, 1.165) is 17.0 Å². The minimum atomic E-state index is -3.69. The van der Waals surface area contributed by atoms with Crippen molar-refractivity contribution in [3.8, 4) is 5.75 Å². The van der Waals surface area contributed by atoms with Crippen LogP contribution in [0.1, 0.15) is 113 Å². The Morgan fingerprint density at radius 1 is 1.34 bits per heavy atom. The number of carbonyl (C=O) groups excluding carboxylic acids is 2. The lowest BCUT2D eigenvalue weighted by molar-refractivity contribution is 0.0522. The third-order valence-corrected chi connectivity index (χ3v) is 7.44. The lowest BCUT2D eigenvalue weighted by Gasteiger charge is -2.43. The topological polar surface area (TPSA) is 77.3 Å². The molecule has 3 heterocycles. The smallest absolute Gasteiger partial charge is 0.254 e. The number of rotatable bonds is 3. The normalized spacial score (nSPS) is 31.1. The maximum absolute atomic E-state index is 14.1. The Balaban J connectivity index is 1.56. The first-order chi connectivity index (χ1) is 25.4. The number of amides is 1. The summed E-state index contributed by atoms with van der Waals surface area (Å²) >= 11 is 0.377. The van der Waals surface area contributed by atoms with Crippen LogP contribution < -0.4 is 4.74 Å². The summed E-state index contributed by atoms with van der Waals surface area (Å²) in [5.74, 6) is -2.99. The highest BCUT2D eigenvalue weighted by molar-refractivity contribution is 7.12. The second-order valence-electron chi connectivity index (χ2n) is 8.58. The van der Waals surface area contributed by atoms with Gasteiger partial charge in [0.2, 0.25) is 0 Å². The number of likely N-dealkylation sites (tertiary alicyclic amines) is 1. The minimum Gasteiger partial charge on any atom is -0.492 e. The molecule has 1 aliphatic carbocycles. The van der Waals surface area contributed by atoms with Gasteiger partial charge in [-0.2, -0.15) is 5.10 Å². The fourth-order valence-electron chi connectivity index (χ4n) is 4.55. The van der Waals surface area contributed by atoms with Crippen LogP contribution in [0.3, 0.4) is 0 Å². The van der Waals surface area contributed by atoms with Crippen molar-refractivity contribution in [2.75, 3.05) is 19.6 Å². The first-order valence-corrected chi connectivity index (χ1v) is 11.3. The van der Waals surface area contributed by atoms with Gasteiger partial charge in [-0.3, -0.25) is 14.3 Å². The van der Waals surface area contributed by atoms with E-state index in [1.807, 2.05) is 0 Å². The molecule has 8 heteroatoms. The SMILES string of the molecule is [2H]C([2H])([2H])c1nn(C([2H])([2H])[2H])c2c(OC([2H])([2H])C([2H])([2H])[2H])cc(C(=O)N3CCC4(CC3)Cc3sc(C(C([2H])([2H])[2H])(C([2H])([2H])[2H])C([2H])([2H])[2H])nc3C(=O)C4([2H])[2H])cc12. The largest absolute Gasteiger partial charge is 0.492 e. The maximum atomic E-state index is 14.1. The zero-order valence-electron chi connectivity index (χ0n) is 40.1. The van der Waals surface area contributed by atoms with E-state index in [-0.39, 0.29) is 41.9 Å². The Kier molecular flexibility index (Phi) is 2.24. The molecule has 186 valence electrons. The lowest BCUT2D eigenvalue weighted by Crippen LogP contribution is -2.46. The maximum Gasteiger partial charge on any atom is 0.254 e. The van der Waals surface area contributed by atoms with Crippen LogP contribution in [0.15, 0.2) is 12.1 Å². The van der Waals surface area contributed by atoms with Crippen molar-refractivity contribution in [1.29, 1.82) is 0 Å². The van der Waals surface area contributed by atoms with Crippen molar-refractivity contribution in [3.63, 3.8) is 0 Å². The molecule has 0 saturated carbocycles. The number of nitrogens with zero attached hydrogens (tertiary/aromatic N) is 4. The number of hydrogen-bond acceptors (Lipinski definition) is 6. The van der Waals surface area contributed by atoms with Crippen LogP contribution in [-0.2, 0) is 18.8 Å². The van der Waals surface area contributed by atoms with Gasteiger partial charge in [0.25, 0.3) is 5.91 Å². The Bertz CT molecular complexity index is 2060. The number of piperidine rings is 1. The van der Waals surface area contributed by atoms with Crippen molar-refractivity contribution >= 4 is 33.9 Å². The number of hydrogen-bond donors (Lipinski definition) is 0. The van der Waals surface area contributed by atoms with Crippen molar-refractivity contribution in [3.05, 3.63) is 39.0 Å². The molecule has 0 unspecified atom stereocenters. The van der Waals surface area contributed by atoms with Crippen molar-refractivity contribution < 1.29 is 44.5 Å². The van der Waals surface area contributed by atoms with Gasteiger partial charge in [-0.15, -0.1) is 11.3 Å². The number of thiazole rings is 1. The Labute approximate surface area is 241 Å². The first-order valence-electron chi connectivity index (χ1n) is 21.5. The Morgan fingerprint density at radius 3 is 2.89 bits per heavy atom. The van der Waals surface area contributed by atoms with E-state index < -0.39 is 115 Å². The number of aromatic nitrogens is 3. The highest BCUT2D eigenvalue weighted by atomic mass is 32.1. The van der Waals surface area contributed by atoms with Gasteiger partial charge >= 0.3 is 0 Å². The minimum absolute atomic E-state index is 0.0498. The molecule has 1 aliphatic heterocycles. The van der Waals surface area contributed by atoms with E-state index in [4.69, 9.17) is 34.9 Å². The number of fused-ring (bicyclic) bond motifs is 2. The summed E-state index contributed by atoms with van der Waals surface area (Å²) in [4.78, 5) is 32.8. The van der Waals surface area contributed by atoms with Gasteiger partial charge in [-0.25, -0.2) is 4.98 Å². The monoisotopic (exact) mass is 516 g/mol. The zero-order valence-corrected chi connectivity index (χ0v) is 18.9. The molecule has 2 aromatic heterocycles. The molecule has 0 N–H and O–H groups in total. The van der Waals surface area contributed by atoms with Crippen LogP contribution in [0, 0.1) is 12.3 Å². The molecule has 0 atom stereocenters. The molecular weight excluding hydrogens is 460 g/mol. The van der Waals surface area contributed by atoms with E-state index in [9.17, 15) is 9.59 Å². The number of aryl methyl sites for hydroxylation is 2. The van der Waals surface area contributed by atoms with E-state index in [1.54, 1.807) is 0 Å². The second-order valence-corrected chi connectivity index (χ2v) is 9.66. The molecule has 0 radical (unpaired) electrons. The molecule has 1 saturated heterocycles. The molecular formula is C27H34N4O3S. The third-order valence-electron chi connectivity index (χ3n) is 6.27. The van der Waals surface area contributed by atoms with E-state index >= 15 is 0 Å². The summed E-state index contributed by atoms with van der Waals surface area (Å²) in [5.41, 5.74) is -7.63. The number of benzene rings is 1. The number of Topliss-reactive ketones (excluding diaryl/α,β-unsaturated/α-hetero) is 1. The van der Waals surface area contributed by atoms with Crippen LogP contribution in [-0.4, -0.2) is 51.0 Å². The van der Waals surface area contributed by atoms with Gasteiger partial charge in [0.15, 0.2) is 5.78 Å². The van der Waals surface area contributed by atoms with Gasteiger partial charge in [0.1, 0.15) is 17.0 Å². The average molecular weight is 517 g/mol. The van der Waals surface area contributed by atoms with E-state index in [0.29, 0.717) is 11.3 Å². The van der Waals surface area contributed by atoms with Gasteiger partial charge < -0.3 is 9.64 Å². The number of ether oxygens (including phenoxy) is 1. The predicted molar refractivity (Wildman–Crippen MR) is 138 cm³/mol. The quantitative estimate of drug-likeness (QED) is 0.485. The molecule has 2 aliphatic rings. The van der Waals surface area contributed by atoms with Crippen LogP contribution in [0.4, 0.5) is 0 Å². The van der Waals surface area contributed by atoms with Crippen LogP contribution >= 0.6 is 11.3 Å². The second kappa shape index (κ2) is 8.43. The molecule has 7 nitrogen and oxygen atoms in total. The van der Waals surface area contributed by atoms with Crippen molar-refractivity contribution in [2.24, 2.45) is 12.4 Å². The van der Waals surface area contributed by atoms with E-state index in [1.165, 1.54) is 0 Å². The first kappa shape index (κ1) is 9.29. The fraction of sp³-hybridized carbons (Fsp3) is 0.556. The van der Waals surface area contributed by atoms with Crippen LogP contribution in [0.25, 0.3) is 10.9 Å². The highest BCUT2D eigenvalue weighted by Gasteiger charge is 2.44. The van der Waals surface area contributed by atoms with Crippen LogP contribution in [0.2, 0.25) is 0 Å². The van der Waals surface area contributed by atoms with E-state index in [2.05, 4.69) is 10.1 Å². The molecule has 3 aromatic rings. The molecule has 1 aromatic carbocycles. The van der Waals surface area contributed by atoms with Gasteiger partial charge in [0, 0.05) is 75.1 Å². The van der Waals surface area contributed by atoms with Crippen molar-refractivity contribution in [1.82, 2.24) is 19.7 Å². The molecule has 35 heavy (non-hydrogen) atoms. The highest BCUT2D eigenvalue weighted by Crippen LogP contribution is 2.46. The summed E-state index contributed by atoms with van der Waals surface area (Å²) in [5, 5.41) is 2.31. The van der Waals surface area contributed by atoms with Gasteiger partial charge in [0.05, 0.1) is 20.0 Å². The van der Waals surface area contributed by atoms with Crippen molar-refractivity contribution in [2.45, 2.75) is 65.3 Å². The molecule has 1 spiro atoms. The van der Waals surface area contributed by atoms with Gasteiger partial charge in [-0.1, -0.05) is 20.6 Å². The van der Waals surface area contributed by atoms with Gasteiger partial charge in [-0.05, 0) is 50.5 Å². The molecule has 1 amide bonds. The summed E-state index contributed by atoms with van der Waals surface area (Å²) in [6.07, 6.45) is -3.58. The number of carbonyl (C=O) groups is 2. The summed E-state index contributed by atoms with van der Waals surface area (Å²) < 4.78 is 182. The molecule has 0 bridgehead atoms. The predicted octanol–water partition coefficient (Wildman–Crippen LogP) is 5.09. The summed E-state index contributed by atoms with van der Waals surface area (Å²) in [7, 11) is 0. The fourth-order valence-corrected chi connectivity index (χ4v) is 5.66. The molecule has 5 rings (SSSR count). The molecule has 1 fully saturated rings. The summed E-state index contributed by atoms with van der Waals surface area (Å²) in [6.45, 7) is -24.9. The lowest BCUT2D eigenvalue weighted by atomic mass is 9.68. The third kappa shape index (κ3) is 4.15. The van der Waals surface area contributed by atoms with Crippen LogP contribution in [0.5, 0.6) is 5.75 Å². The summed E-state index contributed by atoms with van der Waals surface area (Å²) in [6, 6.07) is 1.80. The standard InChI is InChI=1S/C27H34N4O3S/c1-7-34-20-13-17(12-18-16(2)29-30(6)23(18)20)24(33)31-10-8-27(9-11-31)14-19(32)22-21(15-27)35-25(28-22)26(3,4)5/h12-13H,7-11,14-15H2,1-6H3/i1D3,2D3,3D3,4D3,5D3,6D3,7D2,14D2. The Morgan fingerprint density at radius 2 is 2.17 bits per heavy atom. The Hall–Kier alpha value is -2.74.